The van der Waals surface area contributed by atoms with Crippen LogP contribution in [0.5, 0.6) is 0 Å². The van der Waals surface area contributed by atoms with E-state index in [0.29, 0.717) is 0 Å². The maximum Gasteiger partial charge on any atom is 0.0316 e. The SMILES string of the molecule is Nc1cccc(CCCNC2C3C4CCC(C4)C23)c1. The third-order valence-corrected chi connectivity index (χ3v) is 5.71. The first-order chi connectivity index (χ1) is 9.33. The molecule has 0 saturated heterocycles. The van der Waals surface area contributed by atoms with Gasteiger partial charge in [0.1, 0.15) is 0 Å². The summed E-state index contributed by atoms with van der Waals surface area (Å²) in [6.45, 7) is 1.17. The zero-order valence-corrected chi connectivity index (χ0v) is 11.5. The minimum atomic E-state index is 0.882. The van der Waals surface area contributed by atoms with E-state index in [9.17, 15) is 0 Å². The molecule has 0 aliphatic heterocycles. The Balaban J connectivity index is 1.21. The lowest BCUT2D eigenvalue weighted by atomic mass is 10.0. The van der Waals surface area contributed by atoms with E-state index in [1.807, 2.05) is 6.07 Å². The minimum absolute atomic E-state index is 0.882. The highest BCUT2D eigenvalue weighted by Crippen LogP contribution is 2.65. The molecule has 3 N–H and O–H groups in total. The zero-order chi connectivity index (χ0) is 12.8. The number of rotatable bonds is 5. The van der Waals surface area contributed by atoms with Crippen molar-refractivity contribution in [2.24, 2.45) is 23.7 Å². The van der Waals surface area contributed by atoms with E-state index in [-0.39, 0.29) is 0 Å². The van der Waals surface area contributed by atoms with Gasteiger partial charge in [0, 0.05) is 11.7 Å². The number of aryl methyl sites for hydroxylation is 1. The van der Waals surface area contributed by atoms with Crippen LogP contribution in [-0.2, 0) is 6.42 Å². The molecule has 2 bridgehead atoms. The summed E-state index contributed by atoms with van der Waals surface area (Å²) >= 11 is 0. The van der Waals surface area contributed by atoms with Crippen molar-refractivity contribution < 1.29 is 0 Å². The maximum atomic E-state index is 5.80. The van der Waals surface area contributed by atoms with Crippen LogP contribution in [0.25, 0.3) is 0 Å². The molecule has 4 rings (SSSR count). The smallest absolute Gasteiger partial charge is 0.0316 e. The van der Waals surface area contributed by atoms with Gasteiger partial charge in [0.05, 0.1) is 0 Å². The van der Waals surface area contributed by atoms with E-state index < -0.39 is 0 Å². The second-order valence-corrected chi connectivity index (χ2v) is 6.82. The Morgan fingerprint density at radius 3 is 2.68 bits per heavy atom. The predicted molar refractivity (Wildman–Crippen MR) is 78.8 cm³/mol. The molecule has 4 unspecified atom stereocenters. The third kappa shape index (κ3) is 2.06. The van der Waals surface area contributed by atoms with E-state index in [1.165, 1.54) is 31.4 Å². The summed E-state index contributed by atoms with van der Waals surface area (Å²) in [6, 6.07) is 9.19. The molecular weight excluding hydrogens is 232 g/mol. The third-order valence-electron chi connectivity index (χ3n) is 5.71. The Labute approximate surface area is 115 Å². The fourth-order valence-corrected chi connectivity index (χ4v) is 4.91. The van der Waals surface area contributed by atoms with Gasteiger partial charge in [0.15, 0.2) is 0 Å². The Kier molecular flexibility index (Phi) is 2.80. The highest BCUT2D eigenvalue weighted by atomic mass is 15.0. The fourth-order valence-electron chi connectivity index (χ4n) is 4.91. The first kappa shape index (κ1) is 11.8. The molecule has 2 heteroatoms. The summed E-state index contributed by atoms with van der Waals surface area (Å²) in [5.74, 6) is 4.29. The Bertz CT molecular complexity index is 454. The lowest BCUT2D eigenvalue weighted by Gasteiger charge is -2.10. The predicted octanol–water partition coefficient (Wildman–Crippen LogP) is 2.84. The number of fused-ring (bicyclic) bond motifs is 5. The Hall–Kier alpha value is -1.02. The highest BCUT2D eigenvalue weighted by molar-refractivity contribution is 5.40. The summed E-state index contributed by atoms with van der Waals surface area (Å²) in [6.07, 6.45) is 6.97. The van der Waals surface area contributed by atoms with E-state index in [1.54, 1.807) is 6.42 Å². The Morgan fingerprint density at radius 1 is 1.16 bits per heavy atom. The number of nitrogen functional groups attached to an aromatic ring is 1. The molecule has 3 aliphatic rings. The maximum absolute atomic E-state index is 5.80. The molecule has 0 spiro atoms. The van der Waals surface area contributed by atoms with Gasteiger partial charge in [-0.15, -0.1) is 0 Å². The number of nitrogens with one attached hydrogen (secondary N) is 1. The minimum Gasteiger partial charge on any atom is -0.399 e. The summed E-state index contributed by atoms with van der Waals surface area (Å²) in [5, 5.41) is 3.81. The molecule has 3 aliphatic carbocycles. The monoisotopic (exact) mass is 256 g/mol. The van der Waals surface area contributed by atoms with Crippen LogP contribution in [0.2, 0.25) is 0 Å². The molecule has 0 amide bonds. The van der Waals surface area contributed by atoms with Crippen molar-refractivity contribution in [3.8, 4) is 0 Å². The van der Waals surface area contributed by atoms with Crippen molar-refractivity contribution in [1.82, 2.24) is 5.32 Å². The van der Waals surface area contributed by atoms with Gasteiger partial charge < -0.3 is 11.1 Å². The number of benzene rings is 1. The van der Waals surface area contributed by atoms with Crippen molar-refractivity contribution in [2.75, 3.05) is 12.3 Å². The van der Waals surface area contributed by atoms with Crippen LogP contribution in [0.4, 0.5) is 5.69 Å². The molecule has 3 fully saturated rings. The van der Waals surface area contributed by atoms with Crippen molar-refractivity contribution in [3.63, 3.8) is 0 Å². The molecule has 4 atom stereocenters. The van der Waals surface area contributed by atoms with Crippen LogP contribution < -0.4 is 11.1 Å². The number of anilines is 1. The van der Waals surface area contributed by atoms with Crippen LogP contribution in [0.15, 0.2) is 24.3 Å². The summed E-state index contributed by atoms with van der Waals surface area (Å²) < 4.78 is 0. The molecule has 1 aromatic rings. The average molecular weight is 256 g/mol. The number of hydrogen-bond donors (Lipinski definition) is 2. The largest absolute Gasteiger partial charge is 0.399 e. The normalized spacial score (nSPS) is 38.4. The highest BCUT2D eigenvalue weighted by Gasteiger charge is 2.64. The van der Waals surface area contributed by atoms with Crippen molar-refractivity contribution in [2.45, 2.75) is 38.1 Å². The standard InChI is InChI=1S/C17H24N2/c18-14-5-1-3-11(9-14)4-2-8-19-17-15-12-6-7-13(10-12)16(15)17/h1,3,5,9,12-13,15-17,19H,2,4,6-8,10,18H2. The van der Waals surface area contributed by atoms with Crippen LogP contribution in [-0.4, -0.2) is 12.6 Å². The number of nitrogens with two attached hydrogens (primary N) is 1. The zero-order valence-electron chi connectivity index (χ0n) is 11.5. The van der Waals surface area contributed by atoms with Gasteiger partial charge in [-0.25, -0.2) is 0 Å². The van der Waals surface area contributed by atoms with Gasteiger partial charge in [-0.05, 0) is 80.0 Å². The van der Waals surface area contributed by atoms with Crippen LogP contribution in [0.1, 0.15) is 31.2 Å². The van der Waals surface area contributed by atoms with E-state index in [4.69, 9.17) is 5.73 Å². The van der Waals surface area contributed by atoms with Crippen LogP contribution in [0, 0.1) is 23.7 Å². The average Bonchev–Trinajstić information content (AvgIpc) is 2.80. The lowest BCUT2D eigenvalue weighted by Crippen LogP contribution is -2.24. The van der Waals surface area contributed by atoms with Crippen LogP contribution >= 0.6 is 0 Å². The quantitative estimate of drug-likeness (QED) is 0.628. The van der Waals surface area contributed by atoms with Crippen molar-refractivity contribution in [1.29, 1.82) is 0 Å². The molecule has 2 nitrogen and oxygen atoms in total. The van der Waals surface area contributed by atoms with E-state index in [2.05, 4.69) is 23.5 Å². The van der Waals surface area contributed by atoms with Crippen molar-refractivity contribution >= 4 is 5.69 Å². The number of hydrogen-bond acceptors (Lipinski definition) is 2. The van der Waals surface area contributed by atoms with Gasteiger partial charge in [-0.2, -0.15) is 0 Å². The van der Waals surface area contributed by atoms with Gasteiger partial charge >= 0.3 is 0 Å². The summed E-state index contributed by atoms with van der Waals surface area (Å²) in [5.41, 5.74) is 8.07. The second-order valence-electron chi connectivity index (χ2n) is 6.82. The molecule has 19 heavy (non-hydrogen) atoms. The van der Waals surface area contributed by atoms with Crippen LogP contribution in [0.3, 0.4) is 0 Å². The molecule has 1 aromatic carbocycles. The lowest BCUT2D eigenvalue weighted by molar-refractivity contribution is 0.456. The topological polar surface area (TPSA) is 38.0 Å². The summed E-state index contributed by atoms with van der Waals surface area (Å²) in [4.78, 5) is 0. The van der Waals surface area contributed by atoms with Gasteiger partial charge in [0.25, 0.3) is 0 Å². The molecule has 3 saturated carbocycles. The second kappa shape index (κ2) is 4.52. The molecule has 102 valence electrons. The van der Waals surface area contributed by atoms with Gasteiger partial charge in [0.2, 0.25) is 0 Å². The van der Waals surface area contributed by atoms with Gasteiger partial charge in [-0.3, -0.25) is 0 Å². The summed E-state index contributed by atoms with van der Waals surface area (Å²) in [7, 11) is 0. The van der Waals surface area contributed by atoms with E-state index >= 15 is 0 Å². The molecule has 0 aromatic heterocycles. The molecule has 0 heterocycles. The Morgan fingerprint density at radius 2 is 1.95 bits per heavy atom. The molecular formula is C17H24N2. The van der Waals surface area contributed by atoms with E-state index in [0.717, 1.165) is 41.8 Å². The fraction of sp³-hybridized carbons (Fsp3) is 0.647. The first-order valence-corrected chi connectivity index (χ1v) is 7.91. The molecule has 0 radical (unpaired) electrons. The van der Waals surface area contributed by atoms with Gasteiger partial charge in [-0.1, -0.05) is 12.1 Å². The van der Waals surface area contributed by atoms with Crippen molar-refractivity contribution in [3.05, 3.63) is 29.8 Å². The first-order valence-electron chi connectivity index (χ1n) is 7.91.